The zero-order valence-corrected chi connectivity index (χ0v) is 18.3. The van der Waals surface area contributed by atoms with Crippen LogP contribution >= 0.6 is 0 Å². The molecule has 0 bridgehead atoms. The van der Waals surface area contributed by atoms with E-state index in [2.05, 4.69) is 5.32 Å². The van der Waals surface area contributed by atoms with Gasteiger partial charge in [-0.2, -0.15) is 0 Å². The second-order valence-corrected chi connectivity index (χ2v) is 7.33. The Morgan fingerprint density at radius 2 is 1.53 bits per heavy atom. The second-order valence-electron chi connectivity index (χ2n) is 7.33. The molecule has 1 aliphatic heterocycles. The molecule has 0 atom stereocenters. The van der Waals surface area contributed by atoms with Crippen molar-refractivity contribution in [2.24, 2.45) is 0 Å². The number of amides is 4. The standard InChI is InChI=1S/C26H21FN2O5/c1-2-33-20-13-9-19(10-14-20)29-25(31)22(24(30)28-26(29)32)15-17-7-11-21(12-8-17)34-16-18-5-3-4-6-23(18)27/h3-15H,2,16H2,1H3,(H,28,30,32)/b22-15-. The molecule has 1 aliphatic rings. The van der Waals surface area contributed by atoms with Crippen molar-refractivity contribution in [3.63, 3.8) is 0 Å². The van der Waals surface area contributed by atoms with E-state index in [0.717, 1.165) is 4.90 Å². The topological polar surface area (TPSA) is 84.9 Å². The van der Waals surface area contributed by atoms with Crippen molar-refractivity contribution >= 4 is 29.6 Å². The highest BCUT2D eigenvalue weighted by molar-refractivity contribution is 6.39. The molecule has 3 aromatic carbocycles. The number of carbonyl (C=O) groups excluding carboxylic acids is 3. The lowest BCUT2D eigenvalue weighted by Crippen LogP contribution is -2.54. The van der Waals surface area contributed by atoms with Crippen molar-refractivity contribution in [2.75, 3.05) is 11.5 Å². The molecule has 172 valence electrons. The lowest BCUT2D eigenvalue weighted by atomic mass is 10.1. The van der Waals surface area contributed by atoms with Crippen molar-refractivity contribution in [2.45, 2.75) is 13.5 Å². The molecule has 0 aliphatic carbocycles. The summed E-state index contributed by atoms with van der Waals surface area (Å²) in [5, 5.41) is 2.19. The number of ether oxygens (including phenoxy) is 2. The van der Waals surface area contributed by atoms with Crippen LogP contribution in [0.15, 0.2) is 78.4 Å². The summed E-state index contributed by atoms with van der Waals surface area (Å²) >= 11 is 0. The molecule has 0 aromatic heterocycles. The van der Waals surface area contributed by atoms with E-state index >= 15 is 0 Å². The predicted molar refractivity (Wildman–Crippen MR) is 124 cm³/mol. The van der Waals surface area contributed by atoms with Crippen molar-refractivity contribution in [1.29, 1.82) is 0 Å². The van der Waals surface area contributed by atoms with Crippen molar-refractivity contribution < 1.29 is 28.2 Å². The molecular formula is C26H21FN2O5. The van der Waals surface area contributed by atoms with E-state index in [1.54, 1.807) is 66.7 Å². The average Bonchev–Trinajstić information content (AvgIpc) is 2.83. The Morgan fingerprint density at radius 1 is 0.882 bits per heavy atom. The summed E-state index contributed by atoms with van der Waals surface area (Å²) in [4.78, 5) is 38.6. The molecule has 34 heavy (non-hydrogen) atoms. The first kappa shape index (κ1) is 22.7. The van der Waals surface area contributed by atoms with Crippen LogP contribution in [0.25, 0.3) is 6.08 Å². The molecule has 4 amide bonds. The average molecular weight is 460 g/mol. The van der Waals surface area contributed by atoms with E-state index in [1.165, 1.54) is 12.1 Å². The Bertz CT molecular complexity index is 1250. The largest absolute Gasteiger partial charge is 0.494 e. The molecule has 3 aromatic rings. The van der Waals surface area contributed by atoms with Gasteiger partial charge < -0.3 is 9.47 Å². The van der Waals surface area contributed by atoms with E-state index < -0.39 is 17.8 Å². The number of halogens is 1. The minimum absolute atomic E-state index is 0.0627. The summed E-state index contributed by atoms with van der Waals surface area (Å²) in [6, 6.07) is 18.5. The molecule has 1 N–H and O–H groups in total. The zero-order chi connectivity index (χ0) is 24.1. The fourth-order valence-electron chi connectivity index (χ4n) is 3.35. The summed E-state index contributed by atoms with van der Waals surface area (Å²) < 4.78 is 24.7. The Balaban J connectivity index is 1.50. The third-order valence-corrected chi connectivity index (χ3v) is 5.05. The fourth-order valence-corrected chi connectivity index (χ4v) is 3.35. The molecule has 1 fully saturated rings. The van der Waals surface area contributed by atoms with Crippen LogP contribution < -0.4 is 19.7 Å². The Labute approximate surface area is 195 Å². The summed E-state index contributed by atoms with van der Waals surface area (Å²) in [6.45, 7) is 2.39. The fraction of sp³-hybridized carbons (Fsp3) is 0.115. The summed E-state index contributed by atoms with van der Waals surface area (Å²) in [6.07, 6.45) is 1.40. The van der Waals surface area contributed by atoms with Gasteiger partial charge in [0.2, 0.25) is 0 Å². The first-order chi connectivity index (χ1) is 16.5. The lowest BCUT2D eigenvalue weighted by molar-refractivity contribution is -0.122. The van der Waals surface area contributed by atoms with Crippen LogP contribution in [0.1, 0.15) is 18.1 Å². The SMILES string of the molecule is CCOc1ccc(N2C(=O)NC(=O)/C(=C/c3ccc(OCc4ccccc4F)cc3)C2=O)cc1. The molecule has 1 heterocycles. The van der Waals surface area contributed by atoms with E-state index in [1.807, 2.05) is 6.92 Å². The molecule has 1 saturated heterocycles. The molecule has 0 unspecified atom stereocenters. The van der Waals surface area contributed by atoms with Crippen molar-refractivity contribution in [3.05, 3.63) is 95.3 Å². The number of benzene rings is 3. The van der Waals surface area contributed by atoms with Crippen LogP contribution in [0.5, 0.6) is 11.5 Å². The number of urea groups is 1. The number of hydrogen-bond donors (Lipinski definition) is 1. The zero-order valence-electron chi connectivity index (χ0n) is 18.3. The number of nitrogens with zero attached hydrogens (tertiary/aromatic N) is 1. The quantitative estimate of drug-likeness (QED) is 0.415. The van der Waals surface area contributed by atoms with Gasteiger partial charge in [-0.3, -0.25) is 14.9 Å². The highest BCUT2D eigenvalue weighted by Crippen LogP contribution is 2.25. The van der Waals surface area contributed by atoms with Crippen LogP contribution in [0.2, 0.25) is 0 Å². The number of barbiturate groups is 1. The normalized spacial score (nSPS) is 14.8. The van der Waals surface area contributed by atoms with Gasteiger partial charge in [0.05, 0.1) is 12.3 Å². The maximum atomic E-state index is 13.7. The molecule has 0 saturated carbocycles. The van der Waals surface area contributed by atoms with Crippen LogP contribution in [0, 0.1) is 5.82 Å². The number of rotatable bonds is 7. The predicted octanol–water partition coefficient (Wildman–Crippen LogP) is 4.47. The van der Waals surface area contributed by atoms with Gasteiger partial charge in [0, 0.05) is 5.56 Å². The maximum Gasteiger partial charge on any atom is 0.335 e. The molecular weight excluding hydrogens is 439 g/mol. The Kier molecular flexibility index (Phi) is 6.68. The van der Waals surface area contributed by atoms with Crippen LogP contribution in [0.4, 0.5) is 14.9 Å². The van der Waals surface area contributed by atoms with E-state index in [0.29, 0.717) is 34.9 Å². The highest BCUT2D eigenvalue weighted by Gasteiger charge is 2.36. The van der Waals surface area contributed by atoms with Gasteiger partial charge in [-0.05, 0) is 61.0 Å². The lowest BCUT2D eigenvalue weighted by Gasteiger charge is -2.26. The minimum Gasteiger partial charge on any atom is -0.494 e. The van der Waals surface area contributed by atoms with Gasteiger partial charge in [0.1, 0.15) is 29.5 Å². The van der Waals surface area contributed by atoms with Gasteiger partial charge in [-0.25, -0.2) is 14.1 Å². The summed E-state index contributed by atoms with van der Waals surface area (Å²) in [5.41, 5.74) is 1.10. The third-order valence-electron chi connectivity index (χ3n) is 5.05. The number of imide groups is 2. The van der Waals surface area contributed by atoms with Gasteiger partial charge in [0.25, 0.3) is 11.8 Å². The van der Waals surface area contributed by atoms with Gasteiger partial charge in [-0.1, -0.05) is 30.3 Å². The summed E-state index contributed by atoms with van der Waals surface area (Å²) in [7, 11) is 0. The molecule has 0 spiro atoms. The van der Waals surface area contributed by atoms with Crippen LogP contribution in [0.3, 0.4) is 0 Å². The molecule has 7 nitrogen and oxygen atoms in total. The number of nitrogens with one attached hydrogen (secondary N) is 1. The Hall–Kier alpha value is -4.46. The number of hydrogen-bond acceptors (Lipinski definition) is 5. The second kappa shape index (κ2) is 9.99. The number of anilines is 1. The summed E-state index contributed by atoms with van der Waals surface area (Å²) in [5.74, 6) is -0.775. The maximum absolute atomic E-state index is 13.7. The minimum atomic E-state index is -0.826. The van der Waals surface area contributed by atoms with Crippen molar-refractivity contribution in [3.8, 4) is 11.5 Å². The van der Waals surface area contributed by atoms with E-state index in [9.17, 15) is 18.8 Å². The van der Waals surface area contributed by atoms with Gasteiger partial charge >= 0.3 is 6.03 Å². The smallest absolute Gasteiger partial charge is 0.335 e. The molecule has 4 rings (SSSR count). The van der Waals surface area contributed by atoms with Crippen LogP contribution in [-0.2, 0) is 16.2 Å². The first-order valence-electron chi connectivity index (χ1n) is 10.6. The molecule has 0 radical (unpaired) electrons. The van der Waals surface area contributed by atoms with Gasteiger partial charge in [-0.15, -0.1) is 0 Å². The highest BCUT2D eigenvalue weighted by atomic mass is 19.1. The monoisotopic (exact) mass is 460 g/mol. The van der Waals surface area contributed by atoms with E-state index in [4.69, 9.17) is 9.47 Å². The van der Waals surface area contributed by atoms with Crippen LogP contribution in [-0.4, -0.2) is 24.5 Å². The molecule has 8 heteroatoms. The van der Waals surface area contributed by atoms with Crippen molar-refractivity contribution in [1.82, 2.24) is 5.32 Å². The van der Waals surface area contributed by atoms with E-state index in [-0.39, 0.29) is 18.0 Å². The Morgan fingerprint density at radius 3 is 2.21 bits per heavy atom. The first-order valence-corrected chi connectivity index (χ1v) is 10.6. The number of carbonyl (C=O) groups is 3. The third kappa shape index (κ3) is 4.96. The van der Waals surface area contributed by atoms with Gasteiger partial charge in [0.15, 0.2) is 0 Å².